The molecule has 160 valence electrons. The summed E-state index contributed by atoms with van der Waals surface area (Å²) in [5.41, 5.74) is 2.37. The Labute approximate surface area is 179 Å². The third-order valence-electron chi connectivity index (χ3n) is 4.92. The molecule has 1 aromatic carbocycles. The van der Waals surface area contributed by atoms with Crippen LogP contribution < -0.4 is 0 Å². The van der Waals surface area contributed by atoms with Crippen molar-refractivity contribution < 1.29 is 23.5 Å². The van der Waals surface area contributed by atoms with Gasteiger partial charge in [0.05, 0.1) is 0 Å². The van der Waals surface area contributed by atoms with E-state index in [9.17, 15) is 14.0 Å². The molecule has 1 aliphatic heterocycles. The Morgan fingerprint density at radius 2 is 1.77 bits per heavy atom. The van der Waals surface area contributed by atoms with Crippen LogP contribution in [0, 0.1) is 5.82 Å². The van der Waals surface area contributed by atoms with Gasteiger partial charge in [-0.15, -0.1) is 0 Å². The van der Waals surface area contributed by atoms with Crippen molar-refractivity contribution >= 4 is 20.0 Å². The summed E-state index contributed by atoms with van der Waals surface area (Å²) in [6, 6.07) is 8.58. The summed E-state index contributed by atoms with van der Waals surface area (Å²) in [5, 5.41) is 4.61. The number of esters is 2. The Kier molecular flexibility index (Phi) is 5.55. The second-order valence-electron chi connectivity index (χ2n) is 8.54. The molecule has 4 rings (SSSR count). The fraction of sp³-hybridized carbons (Fsp3) is 0.273. The molecule has 2 aromatic heterocycles. The number of carbonyl (C=O) groups excluding carboxylic acids is 2. The molecular formula is C22H22FN3O4Si. The van der Waals surface area contributed by atoms with Gasteiger partial charge in [-0.25, -0.2) is 23.6 Å². The quantitative estimate of drug-likeness (QED) is 0.235. The Bertz CT molecular complexity index is 1150. The molecule has 0 saturated carbocycles. The molecule has 9 heteroatoms. The highest BCUT2D eigenvalue weighted by Crippen LogP contribution is 2.36. The Morgan fingerprint density at radius 1 is 1.03 bits per heavy atom. The summed E-state index contributed by atoms with van der Waals surface area (Å²) in [5.74, 6) is -1.88. The molecule has 3 aromatic rings. The number of cyclic esters (lactones) is 2. The van der Waals surface area contributed by atoms with Crippen LogP contribution in [-0.4, -0.2) is 41.4 Å². The van der Waals surface area contributed by atoms with Gasteiger partial charge in [0, 0.05) is 43.8 Å². The van der Waals surface area contributed by atoms with Crippen molar-refractivity contribution in [2.75, 3.05) is 6.61 Å². The van der Waals surface area contributed by atoms with Gasteiger partial charge in [-0.2, -0.15) is 5.10 Å². The van der Waals surface area contributed by atoms with Gasteiger partial charge >= 0.3 is 11.9 Å². The van der Waals surface area contributed by atoms with Gasteiger partial charge in [0.1, 0.15) is 23.8 Å². The molecule has 0 spiro atoms. The van der Waals surface area contributed by atoms with Crippen molar-refractivity contribution in [1.82, 2.24) is 14.8 Å². The van der Waals surface area contributed by atoms with E-state index in [0.717, 1.165) is 6.04 Å². The molecule has 1 aliphatic rings. The SMILES string of the molecule is C[Si](C)(C)CCOCn1cc(-c2ccnc3c2C(=O)OC3=O)c(-c2ccc(F)cc2)n1. The number of halogens is 1. The number of ether oxygens (including phenoxy) is 2. The predicted octanol–water partition coefficient (Wildman–Crippen LogP) is 4.37. The van der Waals surface area contributed by atoms with Gasteiger partial charge < -0.3 is 9.47 Å². The average Bonchev–Trinajstić information content (AvgIpc) is 3.26. The van der Waals surface area contributed by atoms with E-state index in [1.54, 1.807) is 29.1 Å². The van der Waals surface area contributed by atoms with E-state index in [0.29, 0.717) is 29.0 Å². The lowest BCUT2D eigenvalue weighted by Gasteiger charge is -2.15. The first-order chi connectivity index (χ1) is 14.7. The van der Waals surface area contributed by atoms with Crippen LogP contribution in [0.1, 0.15) is 20.8 Å². The summed E-state index contributed by atoms with van der Waals surface area (Å²) in [6.45, 7) is 7.69. The van der Waals surface area contributed by atoms with Gasteiger partial charge in [-0.3, -0.25) is 0 Å². The minimum atomic E-state index is -1.22. The van der Waals surface area contributed by atoms with E-state index in [2.05, 4.69) is 29.7 Å². The van der Waals surface area contributed by atoms with Crippen molar-refractivity contribution in [2.24, 2.45) is 0 Å². The van der Waals surface area contributed by atoms with E-state index in [-0.39, 0.29) is 23.8 Å². The van der Waals surface area contributed by atoms with Gasteiger partial charge in [0.15, 0.2) is 5.69 Å². The molecule has 0 bridgehead atoms. The smallest absolute Gasteiger partial charge is 0.365 e. The first kappa shape index (κ1) is 21.1. The number of carbonyl (C=O) groups is 2. The number of hydrogen-bond donors (Lipinski definition) is 0. The van der Waals surface area contributed by atoms with Crippen LogP contribution >= 0.6 is 0 Å². The highest BCUT2D eigenvalue weighted by molar-refractivity contribution is 6.76. The fourth-order valence-electron chi connectivity index (χ4n) is 3.27. The average molecular weight is 440 g/mol. The van der Waals surface area contributed by atoms with Crippen molar-refractivity contribution in [3.8, 4) is 22.4 Å². The maximum atomic E-state index is 13.5. The molecule has 0 atom stereocenters. The minimum Gasteiger partial charge on any atom is -0.384 e. The normalized spacial score (nSPS) is 13.4. The Hall–Kier alpha value is -3.17. The predicted molar refractivity (Wildman–Crippen MR) is 115 cm³/mol. The second-order valence-corrected chi connectivity index (χ2v) is 14.2. The summed E-state index contributed by atoms with van der Waals surface area (Å²) < 4.78 is 25.6. The van der Waals surface area contributed by atoms with Crippen LogP contribution in [-0.2, 0) is 16.2 Å². The third-order valence-corrected chi connectivity index (χ3v) is 6.63. The molecule has 0 radical (unpaired) electrons. The number of pyridine rings is 1. The lowest BCUT2D eigenvalue weighted by molar-refractivity contribution is 0.0442. The number of fused-ring (bicyclic) bond motifs is 1. The van der Waals surface area contributed by atoms with E-state index in [1.807, 2.05) is 0 Å². The standard InChI is InChI=1S/C22H22FN3O4Si/c1-31(2,3)11-10-29-13-26-12-17(19(25-26)14-4-6-15(23)7-5-14)16-8-9-24-20-18(16)21(27)30-22(20)28/h4-9,12H,10-11,13H2,1-3H3. The number of nitrogens with zero attached hydrogens (tertiary/aromatic N) is 3. The topological polar surface area (TPSA) is 83.3 Å². The molecule has 0 saturated heterocycles. The van der Waals surface area contributed by atoms with Crippen LogP contribution in [0.15, 0.2) is 42.7 Å². The first-order valence-corrected chi connectivity index (χ1v) is 13.6. The zero-order valence-electron chi connectivity index (χ0n) is 17.5. The van der Waals surface area contributed by atoms with Gasteiger partial charge in [-0.1, -0.05) is 19.6 Å². The lowest BCUT2D eigenvalue weighted by Crippen LogP contribution is -2.22. The van der Waals surface area contributed by atoms with E-state index < -0.39 is 20.0 Å². The minimum absolute atomic E-state index is 0.0216. The number of benzene rings is 1. The summed E-state index contributed by atoms with van der Waals surface area (Å²) in [4.78, 5) is 28.2. The highest BCUT2D eigenvalue weighted by atomic mass is 28.3. The largest absolute Gasteiger partial charge is 0.384 e. The lowest BCUT2D eigenvalue weighted by atomic mass is 9.97. The molecule has 0 fully saturated rings. The molecule has 0 unspecified atom stereocenters. The fourth-order valence-corrected chi connectivity index (χ4v) is 4.03. The maximum Gasteiger partial charge on any atom is 0.365 e. The van der Waals surface area contributed by atoms with Crippen molar-refractivity contribution in [3.63, 3.8) is 0 Å². The molecule has 7 nitrogen and oxygen atoms in total. The number of rotatable bonds is 7. The van der Waals surface area contributed by atoms with Crippen molar-refractivity contribution in [3.05, 3.63) is 59.8 Å². The molecule has 0 N–H and O–H groups in total. The van der Waals surface area contributed by atoms with Gasteiger partial charge in [0.25, 0.3) is 0 Å². The highest BCUT2D eigenvalue weighted by Gasteiger charge is 2.35. The molecule has 3 heterocycles. The molecule has 0 aliphatic carbocycles. The zero-order valence-corrected chi connectivity index (χ0v) is 18.5. The second kappa shape index (κ2) is 8.16. The van der Waals surface area contributed by atoms with Crippen LogP contribution in [0.4, 0.5) is 4.39 Å². The molecule has 0 amide bonds. The van der Waals surface area contributed by atoms with E-state index >= 15 is 0 Å². The number of aromatic nitrogens is 3. The summed E-state index contributed by atoms with van der Waals surface area (Å²) in [6.07, 6.45) is 3.20. The van der Waals surface area contributed by atoms with E-state index in [1.165, 1.54) is 18.3 Å². The van der Waals surface area contributed by atoms with Gasteiger partial charge in [0.2, 0.25) is 0 Å². The first-order valence-electron chi connectivity index (χ1n) is 9.90. The van der Waals surface area contributed by atoms with Crippen molar-refractivity contribution in [2.45, 2.75) is 32.4 Å². The summed E-state index contributed by atoms with van der Waals surface area (Å²) in [7, 11) is -1.22. The van der Waals surface area contributed by atoms with Crippen LogP contribution in [0.2, 0.25) is 25.7 Å². The summed E-state index contributed by atoms with van der Waals surface area (Å²) >= 11 is 0. The van der Waals surface area contributed by atoms with E-state index in [4.69, 9.17) is 9.47 Å². The zero-order chi connectivity index (χ0) is 22.2. The molecular weight excluding hydrogens is 417 g/mol. The number of hydrogen-bond acceptors (Lipinski definition) is 6. The monoisotopic (exact) mass is 439 g/mol. The third kappa shape index (κ3) is 4.47. The Balaban J connectivity index is 1.73. The Morgan fingerprint density at radius 3 is 2.48 bits per heavy atom. The van der Waals surface area contributed by atoms with Gasteiger partial charge in [-0.05, 0) is 36.4 Å². The van der Waals surface area contributed by atoms with Crippen LogP contribution in [0.25, 0.3) is 22.4 Å². The van der Waals surface area contributed by atoms with Crippen LogP contribution in [0.3, 0.4) is 0 Å². The molecule has 31 heavy (non-hydrogen) atoms. The van der Waals surface area contributed by atoms with Crippen molar-refractivity contribution in [1.29, 1.82) is 0 Å². The maximum absolute atomic E-state index is 13.5. The van der Waals surface area contributed by atoms with Crippen LogP contribution in [0.5, 0.6) is 0 Å².